The molecule has 6 aromatic rings. The zero-order valence-corrected chi connectivity index (χ0v) is 22.4. The van der Waals surface area contributed by atoms with E-state index < -0.39 is 0 Å². The number of fused-ring (bicyclic) bond motifs is 3. The van der Waals surface area contributed by atoms with Crippen LogP contribution in [-0.2, 0) is 12.8 Å². The SMILES string of the molecule is N[C@@H]1CC1CCc1nc2ccc(-c3ccc4nc(-c5ccc6nc(CC[C@H]7C[C@H]7N)[nH]c6c5)ccc4c3)cc2[nH]1. The molecule has 0 saturated heterocycles. The molecule has 200 valence electrons. The van der Waals surface area contributed by atoms with E-state index in [1.54, 1.807) is 0 Å². The summed E-state index contributed by atoms with van der Waals surface area (Å²) >= 11 is 0. The van der Waals surface area contributed by atoms with Crippen LogP contribution in [0.15, 0.2) is 66.7 Å². The maximum Gasteiger partial charge on any atom is 0.107 e. The highest BCUT2D eigenvalue weighted by Gasteiger charge is 2.33. The van der Waals surface area contributed by atoms with Gasteiger partial charge >= 0.3 is 0 Å². The average Bonchev–Trinajstić information content (AvgIpc) is 3.74. The molecule has 8 rings (SSSR count). The molecular weight excluding hydrogens is 494 g/mol. The molecule has 1 unspecified atom stereocenters. The summed E-state index contributed by atoms with van der Waals surface area (Å²) in [6.45, 7) is 0. The zero-order valence-electron chi connectivity index (χ0n) is 22.4. The summed E-state index contributed by atoms with van der Waals surface area (Å²) in [4.78, 5) is 21.6. The van der Waals surface area contributed by atoms with Crippen LogP contribution in [0.5, 0.6) is 0 Å². The lowest BCUT2D eigenvalue weighted by molar-refractivity contribution is 0.682. The molecule has 2 saturated carbocycles. The maximum absolute atomic E-state index is 5.97. The lowest BCUT2D eigenvalue weighted by atomic mass is 10.0. The molecule has 2 aliphatic rings. The normalized spacial score (nSPS) is 21.9. The molecular formula is C33H33N7. The van der Waals surface area contributed by atoms with Gasteiger partial charge in [0, 0.05) is 35.9 Å². The van der Waals surface area contributed by atoms with Gasteiger partial charge in [0.15, 0.2) is 0 Å². The highest BCUT2D eigenvalue weighted by molar-refractivity contribution is 5.89. The lowest BCUT2D eigenvalue weighted by Gasteiger charge is -2.07. The van der Waals surface area contributed by atoms with Crippen LogP contribution in [-0.4, -0.2) is 37.0 Å². The van der Waals surface area contributed by atoms with Crippen molar-refractivity contribution in [1.82, 2.24) is 24.9 Å². The Morgan fingerprint density at radius 1 is 0.600 bits per heavy atom. The molecule has 4 atom stereocenters. The van der Waals surface area contributed by atoms with Crippen LogP contribution in [0.2, 0.25) is 0 Å². The van der Waals surface area contributed by atoms with Crippen LogP contribution in [0, 0.1) is 11.8 Å². The Morgan fingerprint density at radius 2 is 1.12 bits per heavy atom. The van der Waals surface area contributed by atoms with Crippen molar-refractivity contribution in [2.75, 3.05) is 0 Å². The summed E-state index contributed by atoms with van der Waals surface area (Å²) in [6.07, 6.45) is 6.42. The van der Waals surface area contributed by atoms with Crippen LogP contribution in [0.25, 0.3) is 55.4 Å². The molecule has 3 heterocycles. The first-order valence-electron chi connectivity index (χ1n) is 14.5. The van der Waals surface area contributed by atoms with Gasteiger partial charge in [0.1, 0.15) is 11.6 Å². The molecule has 2 fully saturated rings. The standard InChI is InChI=1S/C33H33N7/c34-24-14-20(24)5-11-32-37-28-9-2-19(16-30(28)39-32)18-1-7-26-22(13-18)3-8-27(36-26)23-4-10-29-31(17-23)40-33(38-29)12-6-21-15-25(21)35/h1-4,7-10,13,16-17,20-21,24-25H,5-6,11-12,14-15,34-35H2,(H,37,39)(H,38,40)/t20?,21-,24+,25+/m0/s1. The van der Waals surface area contributed by atoms with E-state index in [0.29, 0.717) is 23.9 Å². The van der Waals surface area contributed by atoms with E-state index in [1.165, 1.54) is 11.1 Å². The molecule has 7 heteroatoms. The highest BCUT2D eigenvalue weighted by atomic mass is 14.9. The molecule has 3 aromatic heterocycles. The first-order valence-corrected chi connectivity index (χ1v) is 14.5. The van der Waals surface area contributed by atoms with Crippen LogP contribution in [0.1, 0.15) is 37.3 Å². The second-order valence-electron chi connectivity index (χ2n) is 11.8. The van der Waals surface area contributed by atoms with Gasteiger partial charge in [-0.3, -0.25) is 0 Å². The number of benzene rings is 3. The van der Waals surface area contributed by atoms with Gasteiger partial charge in [0.05, 0.1) is 33.3 Å². The maximum atomic E-state index is 5.97. The van der Waals surface area contributed by atoms with Crippen LogP contribution < -0.4 is 11.5 Å². The quantitative estimate of drug-likeness (QED) is 0.197. The fourth-order valence-electron chi connectivity index (χ4n) is 6.02. The Bertz CT molecular complexity index is 1750. The molecule has 0 bridgehead atoms. The number of hydrogen-bond acceptors (Lipinski definition) is 5. The van der Waals surface area contributed by atoms with Crippen LogP contribution in [0.3, 0.4) is 0 Å². The Balaban J connectivity index is 1.02. The topological polar surface area (TPSA) is 122 Å². The third-order valence-electron chi connectivity index (χ3n) is 8.84. The summed E-state index contributed by atoms with van der Waals surface area (Å²) in [5.41, 5.74) is 21.4. The molecule has 0 radical (unpaired) electrons. The van der Waals surface area contributed by atoms with Crippen molar-refractivity contribution >= 4 is 33.0 Å². The number of hydrogen-bond donors (Lipinski definition) is 4. The second-order valence-corrected chi connectivity index (χ2v) is 11.8. The molecule has 6 N–H and O–H groups in total. The summed E-state index contributed by atoms with van der Waals surface area (Å²) < 4.78 is 0. The Kier molecular flexibility index (Phi) is 5.50. The van der Waals surface area contributed by atoms with E-state index in [9.17, 15) is 0 Å². The molecule has 0 aliphatic heterocycles. The number of nitrogens with one attached hydrogen (secondary N) is 2. The third kappa shape index (κ3) is 4.55. The minimum Gasteiger partial charge on any atom is -0.342 e. The third-order valence-corrected chi connectivity index (χ3v) is 8.84. The largest absolute Gasteiger partial charge is 0.342 e. The van der Waals surface area contributed by atoms with Gasteiger partial charge in [-0.05, 0) is 91.1 Å². The van der Waals surface area contributed by atoms with Crippen molar-refractivity contribution in [1.29, 1.82) is 0 Å². The van der Waals surface area contributed by atoms with Gasteiger partial charge in [-0.1, -0.05) is 24.3 Å². The van der Waals surface area contributed by atoms with Gasteiger partial charge in [0.2, 0.25) is 0 Å². The van der Waals surface area contributed by atoms with Gasteiger partial charge in [-0.25, -0.2) is 15.0 Å². The predicted octanol–water partition coefficient (Wildman–Crippen LogP) is 5.88. The molecule has 40 heavy (non-hydrogen) atoms. The minimum absolute atomic E-state index is 0.390. The van der Waals surface area contributed by atoms with Crippen molar-refractivity contribution in [3.05, 3.63) is 78.4 Å². The number of nitrogens with zero attached hydrogens (tertiary/aromatic N) is 3. The van der Waals surface area contributed by atoms with Crippen LogP contribution in [0.4, 0.5) is 0 Å². The van der Waals surface area contributed by atoms with Crippen molar-refractivity contribution < 1.29 is 0 Å². The van der Waals surface area contributed by atoms with E-state index in [1.807, 2.05) is 0 Å². The Labute approximate surface area is 232 Å². The van der Waals surface area contributed by atoms with Gasteiger partial charge in [0.25, 0.3) is 0 Å². The van der Waals surface area contributed by atoms with E-state index >= 15 is 0 Å². The molecule has 0 amide bonds. The van der Waals surface area contributed by atoms with E-state index in [2.05, 4.69) is 76.7 Å². The fourth-order valence-corrected chi connectivity index (χ4v) is 6.02. The summed E-state index contributed by atoms with van der Waals surface area (Å²) in [6, 6.07) is 24.4. The first-order chi connectivity index (χ1) is 19.6. The van der Waals surface area contributed by atoms with Crippen molar-refractivity contribution in [3.8, 4) is 22.4 Å². The Hall–Kier alpha value is -4.07. The molecule has 0 spiro atoms. The van der Waals surface area contributed by atoms with Gasteiger partial charge in [-0.2, -0.15) is 0 Å². The van der Waals surface area contributed by atoms with Crippen LogP contribution >= 0.6 is 0 Å². The van der Waals surface area contributed by atoms with Gasteiger partial charge in [-0.15, -0.1) is 0 Å². The lowest BCUT2D eigenvalue weighted by Crippen LogP contribution is -2.02. The summed E-state index contributed by atoms with van der Waals surface area (Å²) in [5.74, 6) is 3.42. The first kappa shape index (κ1) is 23.8. The number of nitrogens with two attached hydrogens (primary N) is 2. The molecule has 3 aromatic carbocycles. The Morgan fingerprint density at radius 3 is 1.73 bits per heavy atom. The molecule has 2 aliphatic carbocycles. The van der Waals surface area contributed by atoms with E-state index in [-0.39, 0.29) is 0 Å². The second kappa shape index (κ2) is 9.25. The van der Waals surface area contributed by atoms with E-state index in [4.69, 9.17) is 26.4 Å². The minimum atomic E-state index is 0.390. The molecule has 7 nitrogen and oxygen atoms in total. The fraction of sp³-hybridized carbons (Fsp3) is 0.303. The zero-order chi connectivity index (χ0) is 26.8. The van der Waals surface area contributed by atoms with Crippen molar-refractivity contribution in [2.45, 2.75) is 50.6 Å². The van der Waals surface area contributed by atoms with Gasteiger partial charge < -0.3 is 21.4 Å². The average molecular weight is 528 g/mol. The van der Waals surface area contributed by atoms with Crippen molar-refractivity contribution in [2.24, 2.45) is 23.3 Å². The van der Waals surface area contributed by atoms with Crippen molar-refractivity contribution in [3.63, 3.8) is 0 Å². The monoisotopic (exact) mass is 527 g/mol. The summed E-state index contributed by atoms with van der Waals surface area (Å²) in [7, 11) is 0. The number of imidazole rings is 2. The summed E-state index contributed by atoms with van der Waals surface area (Å²) in [5, 5.41) is 1.12. The highest BCUT2D eigenvalue weighted by Crippen LogP contribution is 2.34. The number of aryl methyl sites for hydroxylation is 2. The number of rotatable bonds is 8. The number of aromatic amines is 2. The number of H-pyrrole nitrogens is 2. The number of aromatic nitrogens is 5. The van der Waals surface area contributed by atoms with E-state index in [0.717, 1.165) is 94.4 Å². The number of pyridine rings is 1. The predicted molar refractivity (Wildman–Crippen MR) is 161 cm³/mol. The smallest absolute Gasteiger partial charge is 0.107 e.